The molecule has 0 saturated heterocycles. The number of nitrogens with zero attached hydrogens (tertiary/aromatic N) is 1. The molecule has 1 heterocycles. The van der Waals surface area contributed by atoms with Gasteiger partial charge < -0.3 is 9.72 Å². The number of aromatic amines is 1. The first-order chi connectivity index (χ1) is 10.6. The summed E-state index contributed by atoms with van der Waals surface area (Å²) in [6, 6.07) is 15.0. The molecule has 22 heavy (non-hydrogen) atoms. The highest BCUT2D eigenvalue weighted by Crippen LogP contribution is 2.20. The fourth-order valence-electron chi connectivity index (χ4n) is 2.09. The number of carbonyl (C=O) groups is 1. The maximum atomic E-state index is 11.9. The number of para-hydroxylation sites is 2. The number of nitrogens with one attached hydrogen (secondary N) is 2. The minimum atomic E-state index is -0.522. The van der Waals surface area contributed by atoms with Crippen molar-refractivity contribution in [1.29, 1.82) is 0 Å². The fourth-order valence-corrected chi connectivity index (χ4v) is 2.49. The van der Waals surface area contributed by atoms with Crippen LogP contribution in [0, 0.1) is 0 Å². The maximum absolute atomic E-state index is 11.9. The number of H-pyrrole nitrogens is 1. The summed E-state index contributed by atoms with van der Waals surface area (Å²) in [7, 11) is 0. The number of halogens is 1. The molecule has 0 aliphatic rings. The number of ether oxygens (including phenoxy) is 1. The number of aromatic nitrogens is 2. The average Bonchev–Trinajstić information content (AvgIpc) is 2.91. The molecule has 0 bridgehead atoms. The minimum Gasteiger partial charge on any atom is -0.438 e. The normalized spacial score (nSPS) is 12.1. The first-order valence-corrected chi connectivity index (χ1v) is 7.59. The first-order valence-electron chi connectivity index (χ1n) is 6.79. The number of hydrogen-bond donors (Lipinski definition) is 2. The number of benzene rings is 2. The van der Waals surface area contributed by atoms with Gasteiger partial charge in [-0.1, -0.05) is 34.1 Å². The zero-order valence-electron chi connectivity index (χ0n) is 11.8. The summed E-state index contributed by atoms with van der Waals surface area (Å²) < 4.78 is 6.24. The molecule has 6 heteroatoms. The lowest BCUT2D eigenvalue weighted by atomic mass is 10.3. The van der Waals surface area contributed by atoms with Crippen LogP contribution in [0.5, 0.6) is 0 Å². The van der Waals surface area contributed by atoms with Crippen LogP contribution in [0.1, 0.15) is 18.9 Å². The highest BCUT2D eigenvalue weighted by Gasteiger charge is 2.15. The Balaban J connectivity index is 1.68. The predicted molar refractivity (Wildman–Crippen MR) is 88.8 cm³/mol. The molecule has 2 N–H and O–H groups in total. The third kappa shape index (κ3) is 3.28. The molecule has 1 aromatic heterocycles. The lowest BCUT2D eigenvalue weighted by molar-refractivity contribution is 0.117. The smallest absolute Gasteiger partial charge is 0.412 e. The Morgan fingerprint density at radius 2 is 2.09 bits per heavy atom. The van der Waals surface area contributed by atoms with E-state index in [1.54, 1.807) is 19.1 Å². The van der Waals surface area contributed by atoms with E-state index in [-0.39, 0.29) is 0 Å². The van der Waals surface area contributed by atoms with Gasteiger partial charge in [-0.25, -0.2) is 9.78 Å². The van der Waals surface area contributed by atoms with Crippen molar-refractivity contribution in [3.8, 4) is 0 Å². The zero-order valence-corrected chi connectivity index (χ0v) is 13.4. The van der Waals surface area contributed by atoms with E-state index in [1.165, 1.54) is 0 Å². The summed E-state index contributed by atoms with van der Waals surface area (Å²) in [4.78, 5) is 19.5. The SMILES string of the molecule is CC(OC(=O)Nc1cccc(Br)c1)c1nc2ccccc2[nH]1. The van der Waals surface area contributed by atoms with E-state index in [4.69, 9.17) is 4.74 Å². The molecule has 0 aliphatic carbocycles. The Kier molecular flexibility index (Phi) is 4.11. The quantitative estimate of drug-likeness (QED) is 0.715. The topological polar surface area (TPSA) is 67.0 Å². The standard InChI is InChI=1S/C16H14BrN3O2/c1-10(15-19-13-7-2-3-8-14(13)20-15)22-16(21)18-12-6-4-5-11(17)9-12/h2-10H,1H3,(H,18,21)(H,19,20). The highest BCUT2D eigenvalue weighted by molar-refractivity contribution is 9.10. The second-order valence-electron chi connectivity index (χ2n) is 4.82. The van der Waals surface area contributed by atoms with Gasteiger partial charge in [0.1, 0.15) is 5.82 Å². The summed E-state index contributed by atoms with van der Waals surface area (Å²) in [6.07, 6.45) is -0.995. The van der Waals surface area contributed by atoms with Crippen LogP contribution in [0.4, 0.5) is 10.5 Å². The molecular weight excluding hydrogens is 346 g/mol. The summed E-state index contributed by atoms with van der Waals surface area (Å²) in [5.74, 6) is 0.616. The van der Waals surface area contributed by atoms with Gasteiger partial charge in [0.2, 0.25) is 0 Å². The van der Waals surface area contributed by atoms with Crippen molar-refractivity contribution in [2.75, 3.05) is 5.32 Å². The maximum Gasteiger partial charge on any atom is 0.412 e. The van der Waals surface area contributed by atoms with Gasteiger partial charge in [-0.15, -0.1) is 0 Å². The molecule has 0 aliphatic heterocycles. The molecule has 0 radical (unpaired) electrons. The summed E-state index contributed by atoms with van der Waals surface area (Å²) in [5.41, 5.74) is 2.43. The zero-order chi connectivity index (χ0) is 15.5. The van der Waals surface area contributed by atoms with Gasteiger partial charge in [-0.05, 0) is 37.3 Å². The Morgan fingerprint density at radius 1 is 1.27 bits per heavy atom. The van der Waals surface area contributed by atoms with Gasteiger partial charge in [-0.2, -0.15) is 0 Å². The molecule has 0 fully saturated rings. The summed E-state index contributed by atoms with van der Waals surface area (Å²) in [6.45, 7) is 1.78. The van der Waals surface area contributed by atoms with E-state index >= 15 is 0 Å². The van der Waals surface area contributed by atoms with Crippen LogP contribution in [0.2, 0.25) is 0 Å². The lowest BCUT2D eigenvalue weighted by Gasteiger charge is -2.12. The van der Waals surface area contributed by atoms with Crippen molar-refractivity contribution < 1.29 is 9.53 Å². The molecule has 1 unspecified atom stereocenters. The average molecular weight is 360 g/mol. The minimum absolute atomic E-state index is 0.473. The molecule has 1 amide bonds. The Bertz CT molecular complexity index is 783. The van der Waals surface area contributed by atoms with Gasteiger partial charge in [0.05, 0.1) is 11.0 Å². The van der Waals surface area contributed by atoms with Crippen LogP contribution >= 0.6 is 15.9 Å². The molecular formula is C16H14BrN3O2. The summed E-state index contributed by atoms with van der Waals surface area (Å²) in [5, 5.41) is 2.68. The van der Waals surface area contributed by atoms with Crippen molar-refractivity contribution in [1.82, 2.24) is 9.97 Å². The van der Waals surface area contributed by atoms with Crippen molar-refractivity contribution in [2.24, 2.45) is 0 Å². The number of carbonyl (C=O) groups excluding carboxylic acids is 1. The Hall–Kier alpha value is -2.34. The van der Waals surface area contributed by atoms with E-state index in [0.717, 1.165) is 15.5 Å². The number of anilines is 1. The third-order valence-corrected chi connectivity index (χ3v) is 3.64. The van der Waals surface area contributed by atoms with Gasteiger partial charge in [0.15, 0.2) is 6.10 Å². The van der Waals surface area contributed by atoms with E-state index in [1.807, 2.05) is 36.4 Å². The molecule has 1 atom stereocenters. The van der Waals surface area contributed by atoms with Gasteiger partial charge in [0, 0.05) is 10.2 Å². The van der Waals surface area contributed by atoms with Gasteiger partial charge in [0.25, 0.3) is 0 Å². The molecule has 3 aromatic rings. The largest absolute Gasteiger partial charge is 0.438 e. The van der Waals surface area contributed by atoms with E-state index in [9.17, 15) is 4.79 Å². The van der Waals surface area contributed by atoms with E-state index in [0.29, 0.717) is 11.5 Å². The van der Waals surface area contributed by atoms with E-state index < -0.39 is 12.2 Å². The molecule has 3 rings (SSSR count). The Morgan fingerprint density at radius 3 is 2.86 bits per heavy atom. The van der Waals surface area contributed by atoms with Crippen LogP contribution in [0.3, 0.4) is 0 Å². The van der Waals surface area contributed by atoms with Crippen LogP contribution < -0.4 is 5.32 Å². The van der Waals surface area contributed by atoms with Crippen molar-refractivity contribution >= 4 is 38.7 Å². The third-order valence-electron chi connectivity index (χ3n) is 3.15. The lowest BCUT2D eigenvalue weighted by Crippen LogP contribution is -2.16. The molecule has 5 nitrogen and oxygen atoms in total. The van der Waals surface area contributed by atoms with Crippen molar-refractivity contribution in [3.63, 3.8) is 0 Å². The Labute approximate surface area is 135 Å². The second kappa shape index (κ2) is 6.19. The first kappa shape index (κ1) is 14.6. The van der Waals surface area contributed by atoms with Gasteiger partial charge >= 0.3 is 6.09 Å². The highest BCUT2D eigenvalue weighted by atomic mass is 79.9. The monoisotopic (exact) mass is 359 g/mol. The van der Waals surface area contributed by atoms with Gasteiger partial charge in [-0.3, -0.25) is 5.32 Å². The number of imidazole rings is 1. The molecule has 112 valence electrons. The van der Waals surface area contributed by atoms with E-state index in [2.05, 4.69) is 31.2 Å². The molecule has 0 saturated carbocycles. The number of hydrogen-bond acceptors (Lipinski definition) is 3. The predicted octanol–water partition coefficient (Wildman–Crippen LogP) is 4.64. The fraction of sp³-hybridized carbons (Fsp3) is 0.125. The summed E-state index contributed by atoms with van der Waals surface area (Å²) >= 11 is 3.35. The number of rotatable bonds is 3. The van der Waals surface area contributed by atoms with Crippen LogP contribution in [-0.4, -0.2) is 16.1 Å². The molecule has 2 aromatic carbocycles. The molecule has 0 spiro atoms. The number of fused-ring (bicyclic) bond motifs is 1. The second-order valence-corrected chi connectivity index (χ2v) is 5.74. The number of amides is 1. The van der Waals surface area contributed by atoms with Crippen LogP contribution in [0.25, 0.3) is 11.0 Å². The van der Waals surface area contributed by atoms with Crippen LogP contribution in [-0.2, 0) is 4.74 Å². The van der Waals surface area contributed by atoms with Crippen molar-refractivity contribution in [2.45, 2.75) is 13.0 Å². The van der Waals surface area contributed by atoms with Crippen molar-refractivity contribution in [3.05, 3.63) is 58.8 Å². The van der Waals surface area contributed by atoms with Crippen LogP contribution in [0.15, 0.2) is 53.0 Å².